The van der Waals surface area contributed by atoms with Gasteiger partial charge in [-0.15, -0.1) is 0 Å². The van der Waals surface area contributed by atoms with Crippen LogP contribution in [0, 0.1) is 6.92 Å². The smallest absolute Gasteiger partial charge is 0.322 e. The SMILES string of the molecule is Cc1ccc([C@H]2NC(=O)N(C)C3=C2C(=O)N(Cc2ccccc2)C3)cc1. The number of urea groups is 1. The molecule has 2 aliphatic heterocycles. The lowest BCUT2D eigenvalue weighted by molar-refractivity contribution is -0.126. The first-order valence-corrected chi connectivity index (χ1v) is 8.71. The third-order valence-corrected chi connectivity index (χ3v) is 5.06. The lowest BCUT2D eigenvalue weighted by Gasteiger charge is -2.31. The molecular formula is C21H21N3O2. The lowest BCUT2D eigenvalue weighted by atomic mass is 9.95. The molecule has 0 bridgehead atoms. The topological polar surface area (TPSA) is 52.7 Å². The quantitative estimate of drug-likeness (QED) is 0.928. The summed E-state index contributed by atoms with van der Waals surface area (Å²) in [5, 5.41) is 2.97. The van der Waals surface area contributed by atoms with Crippen molar-refractivity contribution in [1.29, 1.82) is 0 Å². The van der Waals surface area contributed by atoms with Gasteiger partial charge in [-0.05, 0) is 18.1 Å². The summed E-state index contributed by atoms with van der Waals surface area (Å²) in [5.74, 6) is -0.0127. The average molecular weight is 347 g/mol. The molecule has 26 heavy (non-hydrogen) atoms. The number of nitrogens with one attached hydrogen (secondary N) is 1. The number of carbonyl (C=O) groups is 2. The molecule has 3 amide bonds. The Kier molecular flexibility index (Phi) is 3.99. The average Bonchev–Trinajstić information content (AvgIpc) is 2.97. The Morgan fingerprint density at radius 2 is 1.73 bits per heavy atom. The van der Waals surface area contributed by atoms with Gasteiger partial charge in [-0.25, -0.2) is 4.79 Å². The molecule has 4 rings (SSSR count). The number of hydrogen-bond acceptors (Lipinski definition) is 2. The van der Waals surface area contributed by atoms with Gasteiger partial charge >= 0.3 is 6.03 Å². The molecule has 0 spiro atoms. The zero-order valence-electron chi connectivity index (χ0n) is 14.9. The largest absolute Gasteiger partial charge is 0.329 e. The van der Waals surface area contributed by atoms with E-state index in [-0.39, 0.29) is 11.9 Å². The van der Waals surface area contributed by atoms with E-state index in [9.17, 15) is 9.59 Å². The molecule has 2 aliphatic rings. The molecule has 0 aromatic heterocycles. The summed E-state index contributed by atoms with van der Waals surface area (Å²) in [4.78, 5) is 28.9. The van der Waals surface area contributed by atoms with E-state index in [1.54, 1.807) is 16.8 Å². The molecule has 0 saturated heterocycles. The molecule has 0 aliphatic carbocycles. The van der Waals surface area contributed by atoms with Gasteiger partial charge in [0.2, 0.25) is 0 Å². The third-order valence-electron chi connectivity index (χ3n) is 5.06. The molecule has 0 unspecified atom stereocenters. The Morgan fingerprint density at radius 1 is 1.04 bits per heavy atom. The minimum atomic E-state index is -0.400. The van der Waals surface area contributed by atoms with Crippen LogP contribution < -0.4 is 5.32 Å². The number of likely N-dealkylation sites (N-methyl/N-ethyl adjacent to an activating group) is 1. The maximum atomic E-state index is 13.1. The molecule has 1 atom stereocenters. The van der Waals surface area contributed by atoms with Gasteiger partial charge in [-0.2, -0.15) is 0 Å². The molecule has 5 nitrogen and oxygen atoms in total. The number of aryl methyl sites for hydroxylation is 1. The summed E-state index contributed by atoms with van der Waals surface area (Å²) in [6.07, 6.45) is 0. The zero-order valence-corrected chi connectivity index (χ0v) is 14.9. The number of amides is 3. The highest BCUT2D eigenvalue weighted by molar-refractivity contribution is 6.01. The van der Waals surface area contributed by atoms with Crippen molar-refractivity contribution in [3.8, 4) is 0 Å². The van der Waals surface area contributed by atoms with Gasteiger partial charge in [0.25, 0.3) is 5.91 Å². The van der Waals surface area contributed by atoms with Gasteiger partial charge in [0.15, 0.2) is 0 Å². The highest BCUT2D eigenvalue weighted by atomic mass is 16.2. The molecule has 2 heterocycles. The van der Waals surface area contributed by atoms with Crippen molar-refractivity contribution in [2.24, 2.45) is 0 Å². The van der Waals surface area contributed by atoms with E-state index in [4.69, 9.17) is 0 Å². The summed E-state index contributed by atoms with van der Waals surface area (Å²) in [5.41, 5.74) is 4.62. The van der Waals surface area contributed by atoms with Crippen molar-refractivity contribution in [1.82, 2.24) is 15.1 Å². The maximum absolute atomic E-state index is 13.1. The summed E-state index contributed by atoms with van der Waals surface area (Å²) in [7, 11) is 1.72. The monoisotopic (exact) mass is 347 g/mol. The van der Waals surface area contributed by atoms with Gasteiger partial charge in [0.1, 0.15) is 0 Å². The Hall–Kier alpha value is -3.08. The Balaban J connectivity index is 1.67. The normalized spacial score (nSPS) is 19.7. The standard InChI is InChI=1S/C21H21N3O2/c1-14-8-10-16(11-9-14)19-18-17(23(2)21(26)22-19)13-24(20(18)25)12-15-6-4-3-5-7-15/h3-11,19H,12-13H2,1-2H3,(H,22,26)/t19-/m1/s1. The van der Waals surface area contributed by atoms with Gasteiger partial charge in [-0.1, -0.05) is 60.2 Å². The van der Waals surface area contributed by atoms with Crippen LogP contribution in [0.3, 0.4) is 0 Å². The van der Waals surface area contributed by atoms with Crippen LogP contribution in [0.25, 0.3) is 0 Å². The second-order valence-corrected chi connectivity index (χ2v) is 6.86. The van der Waals surface area contributed by atoms with E-state index >= 15 is 0 Å². The predicted octanol–water partition coefficient (Wildman–Crippen LogP) is 2.99. The number of rotatable bonds is 3. The van der Waals surface area contributed by atoms with E-state index in [2.05, 4.69) is 5.32 Å². The van der Waals surface area contributed by atoms with Crippen molar-refractivity contribution < 1.29 is 9.59 Å². The lowest BCUT2D eigenvalue weighted by Crippen LogP contribution is -2.45. The Bertz CT molecular complexity index is 887. The molecule has 0 fully saturated rings. The van der Waals surface area contributed by atoms with Crippen LogP contribution in [0.2, 0.25) is 0 Å². The van der Waals surface area contributed by atoms with Gasteiger partial charge < -0.3 is 10.2 Å². The molecule has 0 radical (unpaired) electrons. The van der Waals surface area contributed by atoms with Crippen LogP contribution in [0.5, 0.6) is 0 Å². The van der Waals surface area contributed by atoms with E-state index < -0.39 is 6.04 Å². The molecule has 132 valence electrons. The first-order chi connectivity index (χ1) is 12.5. The highest BCUT2D eigenvalue weighted by Crippen LogP contribution is 2.36. The number of benzene rings is 2. The predicted molar refractivity (Wildman–Crippen MR) is 99.1 cm³/mol. The first kappa shape index (κ1) is 16.4. The fraction of sp³-hybridized carbons (Fsp3) is 0.238. The first-order valence-electron chi connectivity index (χ1n) is 8.71. The second kappa shape index (κ2) is 6.33. The Morgan fingerprint density at radius 3 is 2.42 bits per heavy atom. The van der Waals surface area contributed by atoms with Crippen molar-refractivity contribution in [2.75, 3.05) is 13.6 Å². The molecule has 2 aromatic rings. The second-order valence-electron chi connectivity index (χ2n) is 6.86. The van der Waals surface area contributed by atoms with Crippen LogP contribution in [0.1, 0.15) is 22.7 Å². The van der Waals surface area contributed by atoms with Crippen LogP contribution in [-0.2, 0) is 11.3 Å². The van der Waals surface area contributed by atoms with Crippen molar-refractivity contribution >= 4 is 11.9 Å². The minimum absolute atomic E-state index is 0.0127. The van der Waals surface area contributed by atoms with Crippen LogP contribution in [0.15, 0.2) is 65.9 Å². The molecular weight excluding hydrogens is 326 g/mol. The number of nitrogens with zero attached hydrogens (tertiary/aromatic N) is 2. The van der Waals surface area contributed by atoms with Gasteiger partial charge in [0.05, 0.1) is 23.9 Å². The van der Waals surface area contributed by atoms with Crippen LogP contribution in [0.4, 0.5) is 4.79 Å². The summed E-state index contributed by atoms with van der Waals surface area (Å²) in [6, 6.07) is 17.3. The van der Waals surface area contributed by atoms with E-state index in [1.165, 1.54) is 0 Å². The fourth-order valence-corrected chi connectivity index (χ4v) is 3.56. The highest BCUT2D eigenvalue weighted by Gasteiger charge is 2.42. The van der Waals surface area contributed by atoms with Gasteiger partial charge in [0, 0.05) is 13.6 Å². The molecule has 2 aromatic carbocycles. The zero-order chi connectivity index (χ0) is 18.3. The van der Waals surface area contributed by atoms with E-state index in [0.29, 0.717) is 18.7 Å². The minimum Gasteiger partial charge on any atom is -0.329 e. The number of hydrogen-bond donors (Lipinski definition) is 1. The van der Waals surface area contributed by atoms with E-state index in [1.807, 2.05) is 61.5 Å². The van der Waals surface area contributed by atoms with Crippen molar-refractivity contribution in [3.05, 3.63) is 82.6 Å². The molecule has 1 N–H and O–H groups in total. The molecule has 5 heteroatoms. The van der Waals surface area contributed by atoms with Gasteiger partial charge in [-0.3, -0.25) is 9.69 Å². The molecule has 0 saturated carbocycles. The summed E-state index contributed by atoms with van der Waals surface area (Å²) >= 11 is 0. The van der Waals surface area contributed by atoms with E-state index in [0.717, 1.165) is 22.4 Å². The van der Waals surface area contributed by atoms with Crippen molar-refractivity contribution in [3.63, 3.8) is 0 Å². The summed E-state index contributed by atoms with van der Waals surface area (Å²) in [6.45, 7) is 3.01. The third kappa shape index (κ3) is 2.75. The van der Waals surface area contributed by atoms with Crippen molar-refractivity contribution in [2.45, 2.75) is 19.5 Å². The fourth-order valence-electron chi connectivity index (χ4n) is 3.56. The van der Waals surface area contributed by atoms with Crippen LogP contribution >= 0.6 is 0 Å². The maximum Gasteiger partial charge on any atom is 0.322 e. The number of carbonyl (C=O) groups excluding carboxylic acids is 2. The van der Waals surface area contributed by atoms with Crippen LogP contribution in [-0.4, -0.2) is 35.3 Å². The Labute approximate surface area is 152 Å². The summed E-state index contributed by atoms with van der Waals surface area (Å²) < 4.78 is 0.